The van der Waals surface area contributed by atoms with Gasteiger partial charge < -0.3 is 14.6 Å². The minimum Gasteiger partial charge on any atom is -0.488 e. The van der Waals surface area contributed by atoms with E-state index in [1.807, 2.05) is 48.5 Å². The van der Waals surface area contributed by atoms with E-state index in [-0.39, 0.29) is 0 Å². The zero-order valence-electron chi connectivity index (χ0n) is 16.2. The van der Waals surface area contributed by atoms with E-state index in [1.165, 1.54) is 4.90 Å². The average molecular weight is 376 g/mol. The smallest absolute Gasteiger partial charge is 0.294 e. The number of likely N-dealkylation sites (N-methyl/N-ethyl adjacent to an activating group) is 1. The molecule has 0 fully saturated rings. The molecule has 0 bridgehead atoms. The summed E-state index contributed by atoms with van der Waals surface area (Å²) < 4.78 is 6.04. The number of hydrogen-bond donors (Lipinski definition) is 1. The maximum Gasteiger partial charge on any atom is 0.294 e. The van der Waals surface area contributed by atoms with E-state index in [9.17, 15) is 9.59 Å². The van der Waals surface area contributed by atoms with Crippen LogP contribution in [0.15, 0.2) is 61.3 Å². The van der Waals surface area contributed by atoms with Crippen LogP contribution in [0.5, 0.6) is 5.75 Å². The molecule has 0 aliphatic carbocycles. The number of aromatic amines is 1. The monoisotopic (exact) mass is 376 g/mol. The number of rotatable bonds is 8. The second kappa shape index (κ2) is 8.57. The zero-order valence-corrected chi connectivity index (χ0v) is 16.2. The quantitative estimate of drug-likeness (QED) is 0.365. The van der Waals surface area contributed by atoms with Gasteiger partial charge in [-0.1, -0.05) is 42.5 Å². The maximum absolute atomic E-state index is 12.7. The largest absolute Gasteiger partial charge is 0.488 e. The highest BCUT2D eigenvalue weighted by Gasteiger charge is 2.24. The standard InChI is InChI=1S/C23H24N2O3/c1-4-5-11-17-12-13-19(28-15-16-9-7-6-8-10-16)20-18(14-24-21(17)20)22(26)23(27)25(2)3/h4,6-10,12-14,24H,1,5,11,15H2,2-3H3. The molecule has 1 N–H and O–H groups in total. The first-order chi connectivity index (χ1) is 13.5. The van der Waals surface area contributed by atoms with Crippen LogP contribution in [-0.2, 0) is 17.8 Å². The number of aromatic nitrogens is 1. The lowest BCUT2D eigenvalue weighted by Crippen LogP contribution is -2.29. The number of nitrogens with one attached hydrogen (secondary N) is 1. The summed E-state index contributed by atoms with van der Waals surface area (Å²) in [5.41, 5.74) is 3.23. The summed E-state index contributed by atoms with van der Waals surface area (Å²) in [6.07, 6.45) is 5.06. The Kier molecular flexibility index (Phi) is 5.94. The van der Waals surface area contributed by atoms with Gasteiger partial charge in [0.25, 0.3) is 11.7 Å². The highest BCUT2D eigenvalue weighted by molar-refractivity contribution is 6.45. The second-order valence-corrected chi connectivity index (χ2v) is 6.81. The maximum atomic E-state index is 12.7. The molecule has 3 aromatic rings. The van der Waals surface area contributed by atoms with E-state index in [1.54, 1.807) is 20.3 Å². The van der Waals surface area contributed by atoms with Crippen molar-refractivity contribution in [3.8, 4) is 5.75 Å². The predicted molar refractivity (Wildman–Crippen MR) is 111 cm³/mol. The van der Waals surface area contributed by atoms with E-state index in [0.29, 0.717) is 23.3 Å². The van der Waals surface area contributed by atoms with Crippen molar-refractivity contribution in [3.63, 3.8) is 0 Å². The van der Waals surface area contributed by atoms with Crippen molar-refractivity contribution < 1.29 is 14.3 Å². The Labute approximate surface area is 164 Å². The molecule has 1 heterocycles. The lowest BCUT2D eigenvalue weighted by molar-refractivity contribution is -0.124. The topological polar surface area (TPSA) is 62.4 Å². The van der Waals surface area contributed by atoms with E-state index >= 15 is 0 Å². The molecule has 0 unspecified atom stereocenters. The first-order valence-electron chi connectivity index (χ1n) is 9.19. The Bertz CT molecular complexity index is 1000. The first-order valence-corrected chi connectivity index (χ1v) is 9.19. The number of nitrogens with zero attached hydrogens (tertiary/aromatic N) is 1. The number of hydrogen-bond acceptors (Lipinski definition) is 3. The average Bonchev–Trinajstić information content (AvgIpc) is 3.16. The molecule has 0 saturated heterocycles. The van der Waals surface area contributed by atoms with Crippen molar-refractivity contribution in [2.45, 2.75) is 19.4 Å². The number of ether oxygens (including phenoxy) is 1. The molecule has 144 valence electrons. The van der Waals surface area contributed by atoms with Gasteiger partial charge in [-0.3, -0.25) is 9.59 Å². The van der Waals surface area contributed by atoms with Gasteiger partial charge in [-0.15, -0.1) is 6.58 Å². The molecule has 0 spiro atoms. The number of fused-ring (bicyclic) bond motifs is 1. The molecule has 5 nitrogen and oxygen atoms in total. The first kappa shape index (κ1) is 19.4. The van der Waals surface area contributed by atoms with Crippen molar-refractivity contribution in [2.24, 2.45) is 0 Å². The van der Waals surface area contributed by atoms with Crippen LogP contribution in [0, 0.1) is 0 Å². The van der Waals surface area contributed by atoms with Gasteiger partial charge in [0.2, 0.25) is 0 Å². The fourth-order valence-electron chi connectivity index (χ4n) is 3.09. The molecule has 1 amide bonds. The summed E-state index contributed by atoms with van der Waals surface area (Å²) in [6, 6.07) is 13.7. The van der Waals surface area contributed by atoms with E-state index in [2.05, 4.69) is 11.6 Å². The van der Waals surface area contributed by atoms with E-state index in [4.69, 9.17) is 4.74 Å². The number of benzene rings is 2. The lowest BCUT2D eigenvalue weighted by atomic mass is 10.0. The summed E-state index contributed by atoms with van der Waals surface area (Å²) in [4.78, 5) is 29.4. The van der Waals surface area contributed by atoms with Gasteiger partial charge in [0, 0.05) is 20.3 Å². The molecule has 2 aromatic carbocycles. The Morgan fingerprint density at radius 1 is 1.14 bits per heavy atom. The summed E-state index contributed by atoms with van der Waals surface area (Å²) in [7, 11) is 3.13. The van der Waals surface area contributed by atoms with Crippen molar-refractivity contribution in [1.29, 1.82) is 0 Å². The predicted octanol–water partition coefficient (Wildman–Crippen LogP) is 4.14. The van der Waals surface area contributed by atoms with Crippen LogP contribution in [0.1, 0.15) is 27.9 Å². The summed E-state index contributed by atoms with van der Waals surface area (Å²) >= 11 is 0. The Morgan fingerprint density at radius 3 is 2.57 bits per heavy atom. The highest BCUT2D eigenvalue weighted by atomic mass is 16.5. The number of carbonyl (C=O) groups is 2. The molecule has 0 aliphatic rings. The molecule has 0 atom stereocenters. The molecule has 0 radical (unpaired) electrons. The van der Waals surface area contributed by atoms with Crippen LogP contribution in [0.4, 0.5) is 0 Å². The van der Waals surface area contributed by atoms with E-state index < -0.39 is 11.7 Å². The third-order valence-corrected chi connectivity index (χ3v) is 4.58. The Balaban J connectivity index is 2.04. The second-order valence-electron chi connectivity index (χ2n) is 6.81. The lowest BCUT2D eigenvalue weighted by Gasteiger charge is -2.12. The SMILES string of the molecule is C=CCCc1ccc(OCc2ccccc2)c2c(C(=O)C(=O)N(C)C)c[nH]c12. The number of Topliss-reactive ketones (excluding diaryl/α,β-unsaturated/α-hetero) is 1. The molecule has 3 rings (SSSR count). The minimum atomic E-state index is -0.564. The molecular formula is C23H24N2O3. The van der Waals surface area contributed by atoms with Crippen LogP contribution in [-0.4, -0.2) is 35.7 Å². The van der Waals surface area contributed by atoms with Gasteiger partial charge in [-0.2, -0.15) is 0 Å². The Hall–Kier alpha value is -3.34. The zero-order chi connectivity index (χ0) is 20.1. The van der Waals surface area contributed by atoms with Gasteiger partial charge in [-0.25, -0.2) is 0 Å². The van der Waals surface area contributed by atoms with Gasteiger partial charge in [-0.05, 0) is 30.0 Å². The van der Waals surface area contributed by atoms with Crippen LogP contribution >= 0.6 is 0 Å². The van der Waals surface area contributed by atoms with Gasteiger partial charge in [0.15, 0.2) is 0 Å². The van der Waals surface area contributed by atoms with Crippen LogP contribution < -0.4 is 4.74 Å². The number of carbonyl (C=O) groups excluding carboxylic acids is 2. The van der Waals surface area contributed by atoms with Crippen molar-refractivity contribution in [2.75, 3.05) is 14.1 Å². The third kappa shape index (κ3) is 3.98. The summed E-state index contributed by atoms with van der Waals surface area (Å²) in [5, 5.41) is 0.651. The van der Waals surface area contributed by atoms with Gasteiger partial charge in [0.05, 0.1) is 16.5 Å². The third-order valence-electron chi connectivity index (χ3n) is 4.58. The number of aryl methyl sites for hydroxylation is 1. The number of H-pyrrole nitrogens is 1. The van der Waals surface area contributed by atoms with Crippen LogP contribution in [0.2, 0.25) is 0 Å². The molecule has 1 aromatic heterocycles. The highest BCUT2D eigenvalue weighted by Crippen LogP contribution is 2.33. The number of ketones is 1. The molecule has 28 heavy (non-hydrogen) atoms. The van der Waals surface area contributed by atoms with Crippen LogP contribution in [0.25, 0.3) is 10.9 Å². The Morgan fingerprint density at radius 2 is 1.89 bits per heavy atom. The number of amides is 1. The molecule has 0 aliphatic heterocycles. The summed E-state index contributed by atoms with van der Waals surface area (Å²) in [6.45, 7) is 4.15. The van der Waals surface area contributed by atoms with Crippen molar-refractivity contribution in [3.05, 3.63) is 78.0 Å². The molecule has 0 saturated carbocycles. The number of allylic oxidation sites excluding steroid dienone is 1. The van der Waals surface area contributed by atoms with Gasteiger partial charge >= 0.3 is 0 Å². The van der Waals surface area contributed by atoms with Crippen molar-refractivity contribution in [1.82, 2.24) is 9.88 Å². The minimum absolute atomic E-state index is 0.331. The van der Waals surface area contributed by atoms with Gasteiger partial charge in [0.1, 0.15) is 12.4 Å². The summed E-state index contributed by atoms with van der Waals surface area (Å²) in [5.74, 6) is -0.537. The van der Waals surface area contributed by atoms with Crippen LogP contribution in [0.3, 0.4) is 0 Å². The fourth-order valence-corrected chi connectivity index (χ4v) is 3.09. The normalized spacial score (nSPS) is 10.6. The van der Waals surface area contributed by atoms with E-state index in [0.717, 1.165) is 29.5 Å². The fraction of sp³-hybridized carbons (Fsp3) is 0.217. The molecule has 5 heteroatoms. The molecular weight excluding hydrogens is 352 g/mol. The van der Waals surface area contributed by atoms with Crippen molar-refractivity contribution >= 4 is 22.6 Å².